The van der Waals surface area contributed by atoms with Crippen molar-refractivity contribution >= 4 is 23.3 Å². The van der Waals surface area contributed by atoms with E-state index in [9.17, 15) is 14.3 Å². The first-order chi connectivity index (χ1) is 9.47. The first-order valence-corrected chi connectivity index (χ1v) is 7.04. The number of urea groups is 1. The minimum Gasteiger partial charge on any atom is -0.393 e. The largest absolute Gasteiger partial charge is 0.393 e. The maximum atomic E-state index is 13.3. The molecule has 2 amide bonds. The molecule has 110 valence electrons. The number of aliphatic hydroxyl groups excluding tert-OH is 1. The molecule has 1 aliphatic heterocycles. The molecule has 1 aromatic rings. The van der Waals surface area contributed by atoms with Crippen LogP contribution in [0.15, 0.2) is 18.2 Å². The van der Waals surface area contributed by atoms with Gasteiger partial charge >= 0.3 is 6.03 Å². The number of nitrogens with one attached hydrogen (secondary N) is 1. The highest BCUT2D eigenvalue weighted by Gasteiger charge is 2.26. The van der Waals surface area contributed by atoms with Gasteiger partial charge in [0.25, 0.3) is 0 Å². The molecule has 0 bridgehead atoms. The number of aliphatic hydroxyl groups is 1. The van der Waals surface area contributed by atoms with Gasteiger partial charge in [-0.1, -0.05) is 11.6 Å². The van der Waals surface area contributed by atoms with Crippen molar-refractivity contribution in [2.75, 3.05) is 18.4 Å². The molecule has 0 radical (unpaired) electrons. The monoisotopic (exact) mass is 300 g/mol. The van der Waals surface area contributed by atoms with Gasteiger partial charge in [0.05, 0.1) is 11.1 Å². The average Bonchev–Trinajstić information content (AvgIpc) is 2.43. The van der Waals surface area contributed by atoms with Gasteiger partial charge in [-0.3, -0.25) is 0 Å². The lowest BCUT2D eigenvalue weighted by Gasteiger charge is -2.34. The van der Waals surface area contributed by atoms with Crippen LogP contribution in [-0.4, -0.2) is 35.2 Å². The molecule has 4 nitrogen and oxygen atoms in total. The fourth-order valence-electron chi connectivity index (χ4n) is 2.36. The molecule has 6 heteroatoms. The number of benzene rings is 1. The smallest absolute Gasteiger partial charge is 0.321 e. The molecule has 1 fully saturated rings. The number of rotatable bonds is 2. The van der Waals surface area contributed by atoms with Crippen LogP contribution in [0.5, 0.6) is 0 Å². The van der Waals surface area contributed by atoms with E-state index in [0.717, 1.165) is 12.8 Å². The number of carbonyl (C=O) groups is 1. The van der Waals surface area contributed by atoms with Crippen molar-refractivity contribution in [3.05, 3.63) is 29.0 Å². The second-order valence-electron chi connectivity index (χ2n) is 5.15. The van der Waals surface area contributed by atoms with Crippen LogP contribution in [0.3, 0.4) is 0 Å². The number of hydrogen-bond donors (Lipinski definition) is 2. The Bertz CT molecular complexity index is 496. The van der Waals surface area contributed by atoms with Crippen LogP contribution in [0.2, 0.25) is 5.02 Å². The van der Waals surface area contributed by atoms with Crippen LogP contribution in [0, 0.1) is 11.7 Å². The number of nitrogens with zero attached hydrogens (tertiary/aromatic N) is 1. The van der Waals surface area contributed by atoms with Crippen LogP contribution in [-0.2, 0) is 0 Å². The Morgan fingerprint density at radius 2 is 2.35 bits per heavy atom. The lowest BCUT2D eigenvalue weighted by atomic mass is 9.94. The third-order valence-electron chi connectivity index (χ3n) is 3.60. The molecule has 1 aliphatic rings. The summed E-state index contributed by atoms with van der Waals surface area (Å²) in [6, 6.07) is 3.87. The zero-order valence-electron chi connectivity index (χ0n) is 11.3. The van der Waals surface area contributed by atoms with E-state index >= 15 is 0 Å². The van der Waals surface area contributed by atoms with Crippen molar-refractivity contribution in [2.24, 2.45) is 5.92 Å². The van der Waals surface area contributed by atoms with Gasteiger partial charge in [0.2, 0.25) is 0 Å². The second kappa shape index (κ2) is 6.41. The zero-order valence-corrected chi connectivity index (χ0v) is 12.0. The van der Waals surface area contributed by atoms with E-state index in [-0.39, 0.29) is 17.0 Å². The van der Waals surface area contributed by atoms with E-state index in [4.69, 9.17) is 11.6 Å². The number of carbonyl (C=O) groups excluding carboxylic acids is 1. The summed E-state index contributed by atoms with van der Waals surface area (Å²) in [5.74, 6) is -0.471. The number of hydrogen-bond acceptors (Lipinski definition) is 2. The van der Waals surface area contributed by atoms with Crippen LogP contribution in [0.4, 0.5) is 14.9 Å². The Morgan fingerprint density at radius 3 is 3.00 bits per heavy atom. The van der Waals surface area contributed by atoms with Crippen molar-refractivity contribution in [1.82, 2.24) is 4.90 Å². The van der Waals surface area contributed by atoms with Gasteiger partial charge in [0.1, 0.15) is 5.82 Å². The molecule has 2 N–H and O–H groups in total. The number of anilines is 1. The van der Waals surface area contributed by atoms with Crippen molar-refractivity contribution < 1.29 is 14.3 Å². The minimum atomic E-state index is -0.565. The van der Waals surface area contributed by atoms with Gasteiger partial charge < -0.3 is 15.3 Å². The van der Waals surface area contributed by atoms with Gasteiger partial charge in [0.15, 0.2) is 0 Å². The van der Waals surface area contributed by atoms with Crippen LogP contribution >= 0.6 is 11.6 Å². The predicted octanol–water partition coefficient (Wildman–Crippen LogP) is 3.10. The van der Waals surface area contributed by atoms with Gasteiger partial charge in [-0.15, -0.1) is 0 Å². The molecule has 1 heterocycles. The van der Waals surface area contributed by atoms with E-state index in [1.54, 1.807) is 17.9 Å². The molecule has 2 atom stereocenters. The first kappa shape index (κ1) is 15.1. The van der Waals surface area contributed by atoms with E-state index in [1.807, 2.05) is 0 Å². The van der Waals surface area contributed by atoms with E-state index in [0.29, 0.717) is 18.8 Å². The molecule has 20 heavy (non-hydrogen) atoms. The van der Waals surface area contributed by atoms with Gasteiger partial charge in [-0.25, -0.2) is 9.18 Å². The third kappa shape index (κ3) is 3.61. The SMILES string of the molecule is CC(O)C1CCCN(C(=O)Nc2ccc(Cl)c(F)c2)C1. The molecule has 1 aromatic carbocycles. The summed E-state index contributed by atoms with van der Waals surface area (Å²) < 4.78 is 13.3. The highest BCUT2D eigenvalue weighted by molar-refractivity contribution is 6.30. The maximum absolute atomic E-state index is 13.3. The lowest BCUT2D eigenvalue weighted by Crippen LogP contribution is -2.44. The second-order valence-corrected chi connectivity index (χ2v) is 5.56. The molecule has 2 unspecified atom stereocenters. The molecular formula is C14H18ClFN2O2. The van der Waals surface area contributed by atoms with Gasteiger partial charge in [-0.2, -0.15) is 0 Å². The summed E-state index contributed by atoms with van der Waals surface area (Å²) in [4.78, 5) is 13.8. The van der Waals surface area contributed by atoms with E-state index in [2.05, 4.69) is 5.32 Å². The standard InChI is InChI=1S/C14H18ClFN2O2/c1-9(19)10-3-2-6-18(8-10)14(20)17-11-4-5-12(15)13(16)7-11/h4-5,7,9-10,19H,2-3,6,8H2,1H3,(H,17,20). The minimum absolute atomic E-state index is 0.0233. The highest BCUT2D eigenvalue weighted by Crippen LogP contribution is 2.22. The normalized spacial score (nSPS) is 20.6. The predicted molar refractivity (Wildman–Crippen MR) is 76.4 cm³/mol. The Morgan fingerprint density at radius 1 is 1.60 bits per heavy atom. The molecule has 2 rings (SSSR count). The maximum Gasteiger partial charge on any atom is 0.321 e. The van der Waals surface area contributed by atoms with Crippen molar-refractivity contribution in [1.29, 1.82) is 0 Å². The Balaban J connectivity index is 1.98. The molecule has 1 saturated heterocycles. The number of piperidine rings is 1. The molecular weight excluding hydrogens is 283 g/mol. The summed E-state index contributed by atoms with van der Waals surface area (Å²) in [6.07, 6.45) is 1.34. The third-order valence-corrected chi connectivity index (χ3v) is 3.90. The topological polar surface area (TPSA) is 52.6 Å². The average molecular weight is 301 g/mol. The molecule has 0 aliphatic carbocycles. The van der Waals surface area contributed by atoms with Gasteiger partial charge in [-0.05, 0) is 38.0 Å². The van der Waals surface area contributed by atoms with Crippen molar-refractivity contribution in [3.63, 3.8) is 0 Å². The van der Waals surface area contributed by atoms with Gasteiger partial charge in [0, 0.05) is 24.7 Å². The Labute approximate surface area is 122 Å². The van der Waals surface area contributed by atoms with Crippen molar-refractivity contribution in [3.8, 4) is 0 Å². The van der Waals surface area contributed by atoms with Crippen molar-refractivity contribution in [2.45, 2.75) is 25.9 Å². The lowest BCUT2D eigenvalue weighted by molar-refractivity contribution is 0.0766. The van der Waals surface area contributed by atoms with E-state index < -0.39 is 11.9 Å². The molecule has 0 saturated carbocycles. The summed E-state index contributed by atoms with van der Waals surface area (Å²) >= 11 is 5.59. The fraction of sp³-hybridized carbons (Fsp3) is 0.500. The molecule has 0 aromatic heterocycles. The number of halogens is 2. The summed E-state index contributed by atoms with van der Waals surface area (Å²) in [7, 11) is 0. The highest BCUT2D eigenvalue weighted by atomic mass is 35.5. The quantitative estimate of drug-likeness (QED) is 0.882. The summed E-state index contributed by atoms with van der Waals surface area (Å²) in [6.45, 7) is 2.89. The summed E-state index contributed by atoms with van der Waals surface area (Å²) in [5.41, 5.74) is 0.371. The first-order valence-electron chi connectivity index (χ1n) is 6.66. The van der Waals surface area contributed by atoms with Crippen LogP contribution in [0.1, 0.15) is 19.8 Å². The fourth-order valence-corrected chi connectivity index (χ4v) is 2.48. The number of amides is 2. The van der Waals surface area contributed by atoms with Crippen LogP contribution in [0.25, 0.3) is 0 Å². The summed E-state index contributed by atoms with van der Waals surface area (Å²) in [5, 5.41) is 12.3. The zero-order chi connectivity index (χ0) is 14.7. The van der Waals surface area contributed by atoms with Crippen LogP contribution < -0.4 is 5.32 Å². The Hall–Kier alpha value is -1.33. The number of likely N-dealkylation sites (tertiary alicyclic amines) is 1. The molecule has 0 spiro atoms. The Kier molecular flexibility index (Phi) is 4.83. The van der Waals surface area contributed by atoms with E-state index in [1.165, 1.54) is 12.1 Å².